The van der Waals surface area contributed by atoms with E-state index in [4.69, 9.17) is 16.3 Å². The Morgan fingerprint density at radius 2 is 1.51 bits per heavy atom. The lowest BCUT2D eigenvalue weighted by Crippen LogP contribution is -2.52. The number of thioether (sulfide) groups is 1. The molecule has 8 rings (SSSR count). The number of allylic oxidation sites excluding steroid dienone is 1. The molecule has 0 bridgehead atoms. The average molecular weight is 1250 g/mol. The van der Waals surface area contributed by atoms with E-state index in [2.05, 4.69) is 48.7 Å². The van der Waals surface area contributed by atoms with Gasteiger partial charge in [-0.1, -0.05) is 54.4 Å². The Labute approximate surface area is 496 Å². The van der Waals surface area contributed by atoms with Crippen LogP contribution in [0.5, 0.6) is 0 Å². The van der Waals surface area contributed by atoms with Crippen LogP contribution in [0.25, 0.3) is 5.57 Å². The number of sulfonamides is 2. The van der Waals surface area contributed by atoms with Crippen molar-refractivity contribution in [1.29, 1.82) is 0 Å². The summed E-state index contributed by atoms with van der Waals surface area (Å²) in [4.78, 5) is 33.0. The first kappa shape index (κ1) is 64.2. The third-order valence-electron chi connectivity index (χ3n) is 15.9. The van der Waals surface area contributed by atoms with Crippen molar-refractivity contribution >= 4 is 82.1 Å². The number of hydrogen-bond donors (Lipinski definition) is 2. The number of esters is 1. The van der Waals surface area contributed by atoms with Crippen LogP contribution in [0.2, 0.25) is 5.02 Å². The van der Waals surface area contributed by atoms with E-state index in [1.165, 1.54) is 42.2 Å². The summed E-state index contributed by atoms with van der Waals surface area (Å²) in [7, 11) is -13.1. The first-order valence-corrected chi connectivity index (χ1v) is 34.0. The van der Waals surface area contributed by atoms with Gasteiger partial charge in [0.05, 0.1) is 30.1 Å². The second-order valence-corrected chi connectivity index (χ2v) is 29.2. The Bertz CT molecular complexity index is 3210. The molecule has 83 heavy (non-hydrogen) atoms. The monoisotopic (exact) mass is 1250 g/mol. The molecule has 0 spiro atoms. The van der Waals surface area contributed by atoms with Crippen LogP contribution < -0.4 is 14.9 Å². The van der Waals surface area contributed by atoms with Crippen LogP contribution in [0.1, 0.15) is 74.2 Å². The highest BCUT2D eigenvalue weighted by Crippen LogP contribution is 2.44. The molecule has 2 atom stereocenters. The topological polar surface area (TPSA) is 195 Å². The number of carbonyl (C=O) groups excluding carboxylic acids is 2. The number of carbonyl (C=O) groups is 2. The number of methoxy groups -OCH3 is 1. The van der Waals surface area contributed by atoms with E-state index in [0.717, 1.165) is 86.7 Å². The molecule has 4 aromatic rings. The molecule has 17 nitrogen and oxygen atoms in total. The molecule has 1 amide bonds. The number of ether oxygens (including phenoxy) is 2. The number of amides is 1. The Balaban J connectivity index is 0.886. The van der Waals surface area contributed by atoms with Crippen LogP contribution in [-0.4, -0.2) is 185 Å². The number of piperazine rings is 2. The molecule has 3 aliphatic heterocycles. The van der Waals surface area contributed by atoms with Crippen molar-refractivity contribution in [2.24, 2.45) is 5.41 Å². The van der Waals surface area contributed by atoms with Gasteiger partial charge >= 0.3 is 11.5 Å². The Morgan fingerprint density at radius 3 is 2.19 bits per heavy atom. The van der Waals surface area contributed by atoms with Gasteiger partial charge in [-0.15, -0.1) is 11.8 Å². The summed E-state index contributed by atoms with van der Waals surface area (Å²) in [6.07, 6.45) is 5.00. The van der Waals surface area contributed by atoms with Gasteiger partial charge in [0, 0.05) is 131 Å². The zero-order valence-corrected chi connectivity index (χ0v) is 51.0. The van der Waals surface area contributed by atoms with E-state index in [0.29, 0.717) is 102 Å². The van der Waals surface area contributed by atoms with Gasteiger partial charge in [0.2, 0.25) is 10.0 Å². The smallest absolute Gasteiger partial charge is 0.469 e. The van der Waals surface area contributed by atoms with Crippen LogP contribution in [0.3, 0.4) is 0 Å². The summed E-state index contributed by atoms with van der Waals surface area (Å²) in [5, 5.41) is 3.67. The number of benzene rings is 4. The molecule has 3 fully saturated rings. The summed E-state index contributed by atoms with van der Waals surface area (Å²) >= 11 is 7.76. The molecule has 3 heterocycles. The summed E-state index contributed by atoms with van der Waals surface area (Å²) in [5.74, 6) is -1.05. The van der Waals surface area contributed by atoms with Gasteiger partial charge in [0.1, 0.15) is 4.90 Å². The van der Waals surface area contributed by atoms with Crippen LogP contribution in [-0.2, 0) is 44.2 Å². The molecular weight excluding hydrogens is 1180 g/mol. The predicted octanol–water partition coefficient (Wildman–Crippen LogP) is 8.49. The quantitative estimate of drug-likeness (QED) is 0.0385. The van der Waals surface area contributed by atoms with Crippen molar-refractivity contribution in [3.8, 4) is 0 Å². The molecule has 4 aliphatic rings. The second-order valence-electron chi connectivity index (χ2n) is 22.0. The standard InChI is InChI=1S/C58H75ClF3N7O10S4/c1-57(43-67-29-33-69(34-30-67)81(72,73)38-7-6-11-55(70)78-2)24-22-52(44-12-16-47(59)17-13-44)46(40-57)41-66-27-31-68(32-28-66)49-18-14-45(15-19-49)56(71)64-83(76,77)51-20-21-53(54(39-51)82(74,75)58(60,61)62)63-48(42-80-50-9-4-3-5-10-50)23-26-65-25-8-36-79-37-35-65/h3-5,9-10,12-21,39,48,63H,6-8,11,22-38,40-43H2,1-2H3,(H,64,71)/t48-,57-/m1/s1. The normalized spacial score (nSPS) is 20.0. The molecule has 0 aromatic heterocycles. The zero-order valence-electron chi connectivity index (χ0n) is 47.0. The van der Waals surface area contributed by atoms with Crippen molar-refractivity contribution in [2.45, 2.75) is 84.5 Å². The fraction of sp³-hybridized carbons (Fsp3) is 0.517. The number of rotatable bonds is 24. The Hall–Kier alpha value is -4.76. The van der Waals surface area contributed by atoms with Gasteiger partial charge in [0.15, 0.2) is 0 Å². The molecule has 454 valence electrons. The highest BCUT2D eigenvalue weighted by Gasteiger charge is 2.49. The second kappa shape index (κ2) is 28.6. The Morgan fingerprint density at radius 1 is 0.807 bits per heavy atom. The van der Waals surface area contributed by atoms with Crippen LogP contribution in [0.4, 0.5) is 24.5 Å². The number of alkyl halides is 3. The molecule has 4 aromatic carbocycles. The predicted molar refractivity (Wildman–Crippen MR) is 318 cm³/mol. The molecule has 2 N–H and O–H groups in total. The maximum absolute atomic E-state index is 14.3. The fourth-order valence-corrected chi connectivity index (χ4v) is 15.9. The largest absolute Gasteiger partial charge is 0.501 e. The third-order valence-corrected chi connectivity index (χ3v) is 22.1. The number of unbranched alkanes of at least 4 members (excludes halogenated alkanes) is 1. The van der Waals surface area contributed by atoms with E-state index in [1.54, 1.807) is 16.4 Å². The van der Waals surface area contributed by atoms with Crippen molar-refractivity contribution in [1.82, 2.24) is 23.7 Å². The number of sulfone groups is 1. The summed E-state index contributed by atoms with van der Waals surface area (Å²) < 4.78 is 137. The summed E-state index contributed by atoms with van der Waals surface area (Å²) in [6.45, 7) is 11.9. The van der Waals surface area contributed by atoms with Gasteiger partial charge < -0.3 is 29.5 Å². The van der Waals surface area contributed by atoms with E-state index in [-0.39, 0.29) is 29.1 Å². The van der Waals surface area contributed by atoms with Gasteiger partial charge in [-0.2, -0.15) is 17.5 Å². The molecule has 3 saturated heterocycles. The lowest BCUT2D eigenvalue weighted by atomic mass is 9.71. The molecule has 0 radical (unpaired) electrons. The average Bonchev–Trinajstić information content (AvgIpc) is 3.53. The third kappa shape index (κ3) is 17.7. The highest BCUT2D eigenvalue weighted by atomic mass is 35.5. The Kier molecular flexibility index (Phi) is 22.2. The first-order chi connectivity index (χ1) is 39.5. The maximum atomic E-state index is 14.3. The summed E-state index contributed by atoms with van der Waals surface area (Å²) in [6, 6.07) is 25.5. The summed E-state index contributed by atoms with van der Waals surface area (Å²) in [5.41, 5.74) is -1.68. The molecule has 1 aliphatic carbocycles. The van der Waals surface area contributed by atoms with E-state index < -0.39 is 62.8 Å². The van der Waals surface area contributed by atoms with Gasteiger partial charge in [0.25, 0.3) is 25.8 Å². The van der Waals surface area contributed by atoms with E-state index in [1.807, 2.05) is 47.2 Å². The number of nitrogens with zero attached hydrogens (tertiary/aromatic N) is 5. The minimum atomic E-state index is -6.10. The van der Waals surface area contributed by atoms with Crippen molar-refractivity contribution in [3.63, 3.8) is 0 Å². The van der Waals surface area contributed by atoms with E-state index >= 15 is 0 Å². The van der Waals surface area contributed by atoms with E-state index in [9.17, 15) is 48.0 Å². The number of hydrogen-bond acceptors (Lipinski definition) is 16. The van der Waals surface area contributed by atoms with Crippen molar-refractivity contribution in [2.75, 3.05) is 127 Å². The molecule has 0 saturated carbocycles. The highest BCUT2D eigenvalue weighted by molar-refractivity contribution is 7.99. The molecule has 25 heteroatoms. The number of nitrogens with one attached hydrogen (secondary N) is 2. The lowest BCUT2D eigenvalue weighted by molar-refractivity contribution is -0.140. The fourth-order valence-electron chi connectivity index (χ4n) is 11.2. The maximum Gasteiger partial charge on any atom is 0.501 e. The number of anilines is 2. The number of halogens is 4. The van der Waals surface area contributed by atoms with Crippen molar-refractivity contribution in [3.05, 3.63) is 119 Å². The molecular formula is C58H75ClF3N7O10S4. The molecule has 0 unspecified atom stereocenters. The first-order valence-electron chi connectivity index (χ1n) is 28.1. The SMILES string of the molecule is COC(=O)CCCCS(=O)(=O)N1CCN(C[C@]2(C)CCC(c3ccc(Cl)cc3)=C(CN3CCN(c4ccc(C(=O)NS(=O)(=O)c5ccc(N[C@H](CCN6CCCOCC6)CSc6ccccc6)c(S(=O)(=O)C(F)(F)F)c5)cc4)CC3)C2)CC1. The lowest BCUT2D eigenvalue weighted by Gasteiger charge is -2.44. The van der Waals surface area contributed by atoms with Gasteiger partial charge in [-0.25, -0.2) is 30.0 Å². The zero-order chi connectivity index (χ0) is 59.4. The van der Waals surface area contributed by atoms with Crippen LogP contribution in [0, 0.1) is 5.41 Å². The minimum absolute atomic E-state index is 0.00404. The van der Waals surface area contributed by atoms with Gasteiger partial charge in [-0.3, -0.25) is 14.5 Å². The van der Waals surface area contributed by atoms with Gasteiger partial charge in [-0.05, 0) is 128 Å². The van der Waals surface area contributed by atoms with Crippen LogP contribution >= 0.6 is 23.4 Å². The minimum Gasteiger partial charge on any atom is -0.469 e. The van der Waals surface area contributed by atoms with Crippen molar-refractivity contribution < 1.29 is 57.5 Å². The van der Waals surface area contributed by atoms with Crippen LogP contribution in [0.15, 0.2) is 117 Å².